The minimum atomic E-state index is -0.472. The van der Waals surface area contributed by atoms with Crippen molar-refractivity contribution in [2.45, 2.75) is 27.2 Å². The number of hydrogen-bond donors (Lipinski definition) is 0. The van der Waals surface area contributed by atoms with E-state index in [2.05, 4.69) is 0 Å². The lowest BCUT2D eigenvalue weighted by atomic mass is 9.76. The third-order valence-electron chi connectivity index (χ3n) is 2.56. The van der Waals surface area contributed by atoms with Crippen molar-refractivity contribution in [3.8, 4) is 0 Å². The Balaban J connectivity index is 4.62. The van der Waals surface area contributed by atoms with Gasteiger partial charge in [-0.3, -0.25) is 4.79 Å². The minimum absolute atomic E-state index is 0.183. The maximum atomic E-state index is 11.5. The van der Waals surface area contributed by atoms with Gasteiger partial charge in [0.1, 0.15) is 0 Å². The Morgan fingerprint density at radius 2 is 2.15 bits per heavy atom. The van der Waals surface area contributed by atoms with Crippen LogP contribution in [-0.4, -0.2) is 13.1 Å². The first-order chi connectivity index (χ1) is 5.99. The van der Waals surface area contributed by atoms with Gasteiger partial charge < -0.3 is 4.74 Å². The molecule has 0 N–H and O–H groups in total. The zero-order chi connectivity index (χ0) is 10.5. The number of halogens is 1. The second kappa shape index (κ2) is 5.28. The predicted octanol–water partition coefficient (Wildman–Crippen LogP) is 2.96. The maximum Gasteiger partial charge on any atom is 0.312 e. The molecule has 0 radical (unpaired) electrons. The summed E-state index contributed by atoms with van der Waals surface area (Å²) < 4.78 is 4.76. The highest BCUT2D eigenvalue weighted by Gasteiger charge is 2.36. The van der Waals surface area contributed by atoms with E-state index in [4.69, 9.17) is 16.3 Å². The number of rotatable bonds is 4. The van der Waals surface area contributed by atoms with E-state index in [9.17, 15) is 4.79 Å². The van der Waals surface area contributed by atoms with Crippen LogP contribution in [-0.2, 0) is 9.53 Å². The number of hydrogen-bond acceptors (Lipinski definition) is 2. The monoisotopic (exact) mass is 204 g/mol. The summed E-state index contributed by atoms with van der Waals surface area (Å²) in [7, 11) is 1.41. The first-order valence-electron chi connectivity index (χ1n) is 4.32. The lowest BCUT2D eigenvalue weighted by molar-refractivity contribution is -0.154. The van der Waals surface area contributed by atoms with Crippen molar-refractivity contribution in [2.24, 2.45) is 11.3 Å². The molecule has 0 heterocycles. The summed E-state index contributed by atoms with van der Waals surface area (Å²) in [4.78, 5) is 11.5. The van der Waals surface area contributed by atoms with Crippen molar-refractivity contribution in [3.05, 3.63) is 11.6 Å². The third kappa shape index (κ3) is 3.03. The number of ether oxygens (including phenoxy) is 1. The quantitative estimate of drug-likeness (QED) is 0.659. The van der Waals surface area contributed by atoms with Gasteiger partial charge in [-0.1, -0.05) is 31.5 Å². The van der Waals surface area contributed by atoms with Crippen LogP contribution in [0.25, 0.3) is 0 Å². The van der Waals surface area contributed by atoms with Gasteiger partial charge in [-0.2, -0.15) is 0 Å². The van der Waals surface area contributed by atoms with E-state index in [1.54, 1.807) is 6.08 Å². The summed E-state index contributed by atoms with van der Waals surface area (Å²) in [5.74, 6) is 0.0464. The molecule has 0 rings (SSSR count). The lowest BCUT2D eigenvalue weighted by Gasteiger charge is -2.29. The molecule has 0 amide bonds. The molecule has 0 aliphatic carbocycles. The molecule has 0 fully saturated rings. The third-order valence-corrected chi connectivity index (χ3v) is 2.74. The molecule has 0 saturated carbocycles. The van der Waals surface area contributed by atoms with Crippen LogP contribution in [0.3, 0.4) is 0 Å². The van der Waals surface area contributed by atoms with Crippen molar-refractivity contribution in [2.75, 3.05) is 7.11 Å². The second-order valence-electron chi connectivity index (χ2n) is 3.63. The van der Waals surface area contributed by atoms with Crippen LogP contribution in [0.1, 0.15) is 27.2 Å². The van der Waals surface area contributed by atoms with Gasteiger partial charge in [0.15, 0.2) is 0 Å². The van der Waals surface area contributed by atoms with Crippen molar-refractivity contribution < 1.29 is 9.53 Å². The molecule has 0 saturated heterocycles. The van der Waals surface area contributed by atoms with E-state index in [-0.39, 0.29) is 11.9 Å². The Hall–Kier alpha value is -0.500. The van der Waals surface area contributed by atoms with Crippen LogP contribution in [0.15, 0.2) is 11.6 Å². The molecule has 0 aliphatic rings. The summed E-state index contributed by atoms with van der Waals surface area (Å²) in [5.41, 5.74) is 0.962. The Kier molecular flexibility index (Phi) is 5.07. The smallest absolute Gasteiger partial charge is 0.312 e. The molecule has 0 aromatic carbocycles. The first kappa shape index (κ1) is 12.5. The van der Waals surface area contributed by atoms with Crippen LogP contribution in [0, 0.1) is 11.3 Å². The average Bonchev–Trinajstić information content (AvgIpc) is 2.12. The van der Waals surface area contributed by atoms with E-state index in [0.717, 1.165) is 0 Å². The van der Waals surface area contributed by atoms with Gasteiger partial charge in [-0.05, 0) is 19.3 Å². The molecule has 13 heavy (non-hydrogen) atoms. The summed E-state index contributed by atoms with van der Waals surface area (Å²) in [5, 5.41) is 0. The fourth-order valence-electron chi connectivity index (χ4n) is 1.08. The fourth-order valence-corrected chi connectivity index (χ4v) is 1.17. The molecule has 2 nitrogen and oxygen atoms in total. The summed E-state index contributed by atoms with van der Waals surface area (Å²) >= 11 is 5.43. The zero-order valence-corrected chi connectivity index (χ0v) is 9.39. The van der Waals surface area contributed by atoms with Gasteiger partial charge in [0.25, 0.3) is 0 Å². The maximum absolute atomic E-state index is 11.5. The molecule has 0 aromatic rings. The van der Waals surface area contributed by atoms with Gasteiger partial charge in [0.05, 0.1) is 12.5 Å². The summed E-state index contributed by atoms with van der Waals surface area (Å²) in [6.07, 6.45) is 2.39. The van der Waals surface area contributed by atoms with Crippen LogP contribution >= 0.6 is 11.6 Å². The standard InChI is InChI=1S/C10H17ClO2/c1-8(2)10(3,6-5-7-11)9(12)13-4/h5,7-8H,6H2,1-4H3. The van der Waals surface area contributed by atoms with Gasteiger partial charge in [0.2, 0.25) is 0 Å². The van der Waals surface area contributed by atoms with Crippen LogP contribution < -0.4 is 0 Å². The molecular formula is C10H17ClO2. The zero-order valence-electron chi connectivity index (χ0n) is 8.63. The SMILES string of the molecule is COC(=O)C(C)(CC=CCl)C(C)C. The van der Waals surface area contributed by atoms with E-state index in [1.807, 2.05) is 20.8 Å². The Labute approximate surface area is 84.9 Å². The topological polar surface area (TPSA) is 26.3 Å². The van der Waals surface area contributed by atoms with Crippen molar-refractivity contribution in [3.63, 3.8) is 0 Å². The summed E-state index contributed by atoms with van der Waals surface area (Å²) in [6, 6.07) is 0. The van der Waals surface area contributed by atoms with Gasteiger partial charge in [0, 0.05) is 5.54 Å². The minimum Gasteiger partial charge on any atom is -0.469 e. The Morgan fingerprint density at radius 3 is 2.46 bits per heavy atom. The molecule has 0 bridgehead atoms. The number of carbonyl (C=O) groups excluding carboxylic acids is 1. The van der Waals surface area contributed by atoms with Gasteiger partial charge >= 0.3 is 5.97 Å². The predicted molar refractivity (Wildman–Crippen MR) is 54.6 cm³/mol. The Bertz CT molecular complexity index is 199. The molecule has 3 heteroatoms. The normalized spacial score (nSPS) is 16.2. The molecule has 1 unspecified atom stereocenters. The number of carbonyl (C=O) groups is 1. The van der Waals surface area contributed by atoms with Crippen LogP contribution in [0.4, 0.5) is 0 Å². The molecule has 0 aliphatic heterocycles. The highest BCUT2D eigenvalue weighted by atomic mass is 35.5. The number of esters is 1. The van der Waals surface area contributed by atoms with Crippen molar-refractivity contribution in [1.82, 2.24) is 0 Å². The molecular weight excluding hydrogens is 188 g/mol. The van der Waals surface area contributed by atoms with Crippen LogP contribution in [0.5, 0.6) is 0 Å². The number of allylic oxidation sites excluding steroid dienone is 1. The van der Waals surface area contributed by atoms with Gasteiger partial charge in [-0.15, -0.1) is 0 Å². The van der Waals surface area contributed by atoms with Crippen molar-refractivity contribution >= 4 is 17.6 Å². The highest BCUT2D eigenvalue weighted by molar-refractivity contribution is 6.25. The number of methoxy groups -OCH3 is 1. The van der Waals surface area contributed by atoms with E-state index in [0.29, 0.717) is 6.42 Å². The Morgan fingerprint density at radius 1 is 1.62 bits per heavy atom. The molecule has 0 aromatic heterocycles. The van der Waals surface area contributed by atoms with Crippen LogP contribution in [0.2, 0.25) is 0 Å². The van der Waals surface area contributed by atoms with E-state index < -0.39 is 5.41 Å². The molecule has 0 spiro atoms. The van der Waals surface area contributed by atoms with E-state index >= 15 is 0 Å². The fraction of sp³-hybridized carbons (Fsp3) is 0.700. The lowest BCUT2D eigenvalue weighted by Crippen LogP contribution is -2.33. The van der Waals surface area contributed by atoms with Gasteiger partial charge in [-0.25, -0.2) is 0 Å². The molecule has 1 atom stereocenters. The van der Waals surface area contributed by atoms with Crippen molar-refractivity contribution in [1.29, 1.82) is 0 Å². The first-order valence-corrected chi connectivity index (χ1v) is 4.76. The largest absolute Gasteiger partial charge is 0.469 e. The second-order valence-corrected chi connectivity index (χ2v) is 3.88. The average molecular weight is 205 g/mol. The highest BCUT2D eigenvalue weighted by Crippen LogP contribution is 2.32. The summed E-state index contributed by atoms with van der Waals surface area (Å²) in [6.45, 7) is 5.89. The molecule has 76 valence electrons. The van der Waals surface area contributed by atoms with E-state index in [1.165, 1.54) is 12.6 Å².